The number of carbonyl (C=O) groups is 2. The summed E-state index contributed by atoms with van der Waals surface area (Å²) in [5.41, 5.74) is 0.376. The smallest absolute Gasteiger partial charge is 0.347 e. The van der Waals surface area contributed by atoms with E-state index in [1.54, 1.807) is 25.1 Å². The second-order valence-electron chi connectivity index (χ2n) is 4.43. The van der Waals surface area contributed by atoms with Gasteiger partial charge < -0.3 is 14.2 Å². The molecule has 0 heterocycles. The summed E-state index contributed by atoms with van der Waals surface area (Å²) in [7, 11) is 0. The van der Waals surface area contributed by atoms with Gasteiger partial charge in [0.15, 0.2) is 12.4 Å². The molecule has 5 heteroatoms. The first-order valence-corrected chi connectivity index (χ1v) is 7.21. The van der Waals surface area contributed by atoms with Crippen LogP contribution in [-0.2, 0) is 9.53 Å². The molecule has 0 radical (unpaired) electrons. The monoisotopic (exact) mass is 294 g/mol. The molecule has 21 heavy (non-hydrogen) atoms. The van der Waals surface area contributed by atoms with Gasteiger partial charge >= 0.3 is 5.97 Å². The lowest BCUT2D eigenvalue weighted by atomic mass is 10.2. The summed E-state index contributed by atoms with van der Waals surface area (Å²) in [5, 5.41) is 0. The third-order valence-corrected chi connectivity index (χ3v) is 2.77. The molecule has 1 unspecified atom stereocenters. The predicted octanol–water partition coefficient (Wildman–Crippen LogP) is 3.01. The standard InChI is InChI=1S/C16H22O5/c1-4-9-20-13-8-7-12(11-17)15(10-13)21-14(5-2)16(18)19-6-3/h7-8,10-11,14H,4-6,9H2,1-3H3. The van der Waals surface area contributed by atoms with Crippen molar-refractivity contribution in [3.63, 3.8) is 0 Å². The maximum absolute atomic E-state index is 11.8. The van der Waals surface area contributed by atoms with E-state index in [1.165, 1.54) is 0 Å². The highest BCUT2D eigenvalue weighted by molar-refractivity contribution is 5.81. The SMILES string of the molecule is CCCOc1ccc(C=O)c(OC(CC)C(=O)OCC)c1. The van der Waals surface area contributed by atoms with Crippen LogP contribution < -0.4 is 9.47 Å². The molecule has 0 aliphatic rings. The van der Waals surface area contributed by atoms with Crippen LogP contribution in [0.15, 0.2) is 18.2 Å². The van der Waals surface area contributed by atoms with Crippen molar-refractivity contribution in [3.8, 4) is 11.5 Å². The zero-order valence-corrected chi connectivity index (χ0v) is 12.8. The molecule has 0 N–H and O–H groups in total. The van der Waals surface area contributed by atoms with Gasteiger partial charge in [-0.25, -0.2) is 4.79 Å². The van der Waals surface area contributed by atoms with Gasteiger partial charge in [0, 0.05) is 6.07 Å². The van der Waals surface area contributed by atoms with Crippen molar-refractivity contribution in [3.05, 3.63) is 23.8 Å². The number of benzene rings is 1. The Bertz CT molecular complexity index is 470. The van der Waals surface area contributed by atoms with Crippen LogP contribution in [0.5, 0.6) is 11.5 Å². The summed E-state index contributed by atoms with van der Waals surface area (Å²) < 4.78 is 16.1. The van der Waals surface area contributed by atoms with E-state index in [9.17, 15) is 9.59 Å². The Labute approximate surface area is 125 Å². The maximum atomic E-state index is 11.8. The molecule has 0 saturated heterocycles. The van der Waals surface area contributed by atoms with Gasteiger partial charge in [0.05, 0.1) is 18.8 Å². The van der Waals surface area contributed by atoms with E-state index in [2.05, 4.69) is 0 Å². The fraction of sp³-hybridized carbons (Fsp3) is 0.500. The first-order chi connectivity index (χ1) is 10.2. The Kier molecular flexibility index (Phi) is 7.29. The Morgan fingerprint density at radius 1 is 1.29 bits per heavy atom. The lowest BCUT2D eigenvalue weighted by molar-refractivity contribution is -0.151. The van der Waals surface area contributed by atoms with E-state index in [0.29, 0.717) is 43.0 Å². The lowest BCUT2D eigenvalue weighted by Crippen LogP contribution is -2.29. The topological polar surface area (TPSA) is 61.8 Å². The summed E-state index contributed by atoms with van der Waals surface area (Å²) in [4.78, 5) is 22.8. The van der Waals surface area contributed by atoms with Crippen LogP contribution in [0, 0.1) is 0 Å². The minimum atomic E-state index is -0.731. The zero-order valence-electron chi connectivity index (χ0n) is 12.8. The molecule has 5 nitrogen and oxygen atoms in total. The van der Waals surface area contributed by atoms with Gasteiger partial charge in [-0.3, -0.25) is 4.79 Å². The van der Waals surface area contributed by atoms with Crippen molar-refractivity contribution in [2.45, 2.75) is 39.7 Å². The highest BCUT2D eigenvalue weighted by Crippen LogP contribution is 2.25. The number of carbonyl (C=O) groups excluding carboxylic acids is 2. The minimum Gasteiger partial charge on any atom is -0.493 e. The van der Waals surface area contributed by atoms with Crippen LogP contribution in [-0.4, -0.2) is 31.6 Å². The quantitative estimate of drug-likeness (QED) is 0.517. The molecule has 1 aromatic carbocycles. The van der Waals surface area contributed by atoms with Crippen molar-refractivity contribution >= 4 is 12.3 Å². The van der Waals surface area contributed by atoms with Gasteiger partial charge in [-0.2, -0.15) is 0 Å². The van der Waals surface area contributed by atoms with Crippen molar-refractivity contribution in [2.24, 2.45) is 0 Å². The Balaban J connectivity index is 2.91. The number of aldehydes is 1. The normalized spacial score (nSPS) is 11.6. The second-order valence-corrected chi connectivity index (χ2v) is 4.43. The number of esters is 1. The van der Waals surface area contributed by atoms with Gasteiger partial charge in [0.1, 0.15) is 11.5 Å². The fourth-order valence-electron chi connectivity index (χ4n) is 1.71. The van der Waals surface area contributed by atoms with Crippen LogP contribution >= 0.6 is 0 Å². The van der Waals surface area contributed by atoms with Crippen LogP contribution in [0.25, 0.3) is 0 Å². The van der Waals surface area contributed by atoms with E-state index < -0.39 is 12.1 Å². The number of rotatable bonds is 9. The fourth-order valence-corrected chi connectivity index (χ4v) is 1.71. The highest BCUT2D eigenvalue weighted by Gasteiger charge is 2.21. The van der Waals surface area contributed by atoms with Gasteiger partial charge in [0.2, 0.25) is 0 Å². The Morgan fingerprint density at radius 3 is 2.62 bits per heavy atom. The van der Waals surface area contributed by atoms with Crippen molar-refractivity contribution < 1.29 is 23.8 Å². The first-order valence-electron chi connectivity index (χ1n) is 7.21. The third-order valence-electron chi connectivity index (χ3n) is 2.77. The van der Waals surface area contributed by atoms with Gasteiger partial charge in [0.25, 0.3) is 0 Å². The van der Waals surface area contributed by atoms with E-state index >= 15 is 0 Å². The van der Waals surface area contributed by atoms with Crippen LogP contribution in [0.1, 0.15) is 44.0 Å². The molecule has 0 saturated carbocycles. The molecule has 0 spiro atoms. The van der Waals surface area contributed by atoms with Gasteiger partial charge in [-0.05, 0) is 31.9 Å². The minimum absolute atomic E-state index is 0.291. The van der Waals surface area contributed by atoms with Crippen LogP contribution in [0.3, 0.4) is 0 Å². The predicted molar refractivity (Wildman–Crippen MR) is 79.0 cm³/mol. The van der Waals surface area contributed by atoms with Crippen molar-refractivity contribution in [2.75, 3.05) is 13.2 Å². The lowest BCUT2D eigenvalue weighted by Gasteiger charge is -2.18. The molecule has 1 atom stereocenters. The molecule has 1 aromatic rings. The maximum Gasteiger partial charge on any atom is 0.347 e. The summed E-state index contributed by atoms with van der Waals surface area (Å²) in [6, 6.07) is 4.95. The van der Waals surface area contributed by atoms with Crippen LogP contribution in [0.2, 0.25) is 0 Å². The van der Waals surface area contributed by atoms with Gasteiger partial charge in [-0.1, -0.05) is 13.8 Å². The molecule has 116 valence electrons. The average molecular weight is 294 g/mol. The number of ether oxygens (including phenoxy) is 3. The molecule has 0 fully saturated rings. The summed E-state index contributed by atoms with van der Waals surface area (Å²) in [6.45, 7) is 6.43. The second kappa shape index (κ2) is 9.00. The summed E-state index contributed by atoms with van der Waals surface area (Å²) in [6.07, 6.45) is 1.30. The first kappa shape index (κ1) is 17.0. The molecule has 0 aromatic heterocycles. The van der Waals surface area contributed by atoms with E-state index in [4.69, 9.17) is 14.2 Å². The molecular formula is C16H22O5. The molecular weight excluding hydrogens is 272 g/mol. The number of hydrogen-bond acceptors (Lipinski definition) is 5. The highest BCUT2D eigenvalue weighted by atomic mass is 16.6. The van der Waals surface area contributed by atoms with E-state index in [1.807, 2.05) is 13.8 Å². The van der Waals surface area contributed by atoms with E-state index in [-0.39, 0.29) is 0 Å². The molecule has 0 aliphatic carbocycles. The summed E-state index contributed by atoms with van der Waals surface area (Å²) in [5.74, 6) is 0.506. The van der Waals surface area contributed by atoms with Crippen molar-refractivity contribution in [1.82, 2.24) is 0 Å². The average Bonchev–Trinajstić information content (AvgIpc) is 2.50. The largest absolute Gasteiger partial charge is 0.493 e. The third kappa shape index (κ3) is 5.10. The van der Waals surface area contributed by atoms with Crippen LogP contribution in [0.4, 0.5) is 0 Å². The molecule has 1 rings (SSSR count). The zero-order chi connectivity index (χ0) is 15.7. The van der Waals surface area contributed by atoms with Gasteiger partial charge in [-0.15, -0.1) is 0 Å². The Hall–Kier alpha value is -2.04. The molecule has 0 amide bonds. The van der Waals surface area contributed by atoms with Crippen molar-refractivity contribution in [1.29, 1.82) is 0 Å². The Morgan fingerprint density at radius 2 is 2.05 bits per heavy atom. The summed E-state index contributed by atoms with van der Waals surface area (Å²) >= 11 is 0. The van der Waals surface area contributed by atoms with E-state index in [0.717, 1.165) is 6.42 Å². The number of hydrogen-bond donors (Lipinski definition) is 0. The molecule has 0 bridgehead atoms. The molecule has 0 aliphatic heterocycles.